The van der Waals surface area contributed by atoms with E-state index in [0.29, 0.717) is 29.2 Å². The maximum atomic E-state index is 14.1. The fraction of sp³-hybridized carbons (Fsp3) is 0.382. The molecular formula is C34H40F2N7O6P. The Hall–Kier alpha value is -4.56. The summed E-state index contributed by atoms with van der Waals surface area (Å²) in [4.78, 5) is 30.5. The highest BCUT2D eigenvalue weighted by Crippen LogP contribution is 2.42. The second-order valence-electron chi connectivity index (χ2n) is 11.3. The van der Waals surface area contributed by atoms with Gasteiger partial charge in [-0.25, -0.2) is 18.9 Å². The lowest BCUT2D eigenvalue weighted by Crippen LogP contribution is -2.34. The van der Waals surface area contributed by atoms with Crippen LogP contribution in [-0.4, -0.2) is 56.3 Å². The van der Waals surface area contributed by atoms with Gasteiger partial charge in [0.05, 0.1) is 25.3 Å². The highest BCUT2D eigenvalue weighted by atomic mass is 31.2. The molecule has 266 valence electrons. The second-order valence-corrected chi connectivity index (χ2v) is 12.5. The molecule has 2 aromatic carbocycles. The number of carbonyl (C=O) groups is 1. The first-order chi connectivity index (χ1) is 24.1. The molecule has 0 radical (unpaired) electrons. The van der Waals surface area contributed by atoms with Crippen molar-refractivity contribution in [3.05, 3.63) is 77.8 Å². The predicted octanol–water partition coefficient (Wildman–Crippen LogP) is 6.55. The molecule has 1 saturated heterocycles. The van der Waals surface area contributed by atoms with Gasteiger partial charge in [-0.2, -0.15) is 9.97 Å². The van der Waals surface area contributed by atoms with Gasteiger partial charge in [-0.05, 0) is 56.7 Å². The molecule has 13 nitrogen and oxygen atoms in total. The number of halogens is 2. The van der Waals surface area contributed by atoms with Crippen LogP contribution in [0.15, 0.2) is 54.7 Å². The van der Waals surface area contributed by atoms with Crippen LogP contribution in [0, 0.1) is 24.5 Å². The summed E-state index contributed by atoms with van der Waals surface area (Å²) in [7, 11) is -0.455. The summed E-state index contributed by atoms with van der Waals surface area (Å²) in [5, 5.41) is 3.83. The minimum absolute atomic E-state index is 0.0434. The van der Waals surface area contributed by atoms with Gasteiger partial charge in [0.2, 0.25) is 11.8 Å². The molecule has 5 aromatic rings. The lowest BCUT2D eigenvalue weighted by atomic mass is 10.1. The number of imidazole rings is 1. The molecule has 16 heteroatoms. The Kier molecular flexibility index (Phi) is 12.1. The van der Waals surface area contributed by atoms with E-state index in [-0.39, 0.29) is 42.6 Å². The minimum Gasteiger partial charge on any atom is -0.479 e. The molecule has 1 fully saturated rings. The summed E-state index contributed by atoms with van der Waals surface area (Å²) >= 11 is 0. The van der Waals surface area contributed by atoms with Gasteiger partial charge in [0, 0.05) is 29.1 Å². The fourth-order valence-electron chi connectivity index (χ4n) is 5.47. The molecular weight excluding hydrogens is 671 g/mol. The number of hydrogen-bond acceptors (Lipinski definition) is 12. The molecule has 0 bridgehead atoms. The van der Waals surface area contributed by atoms with Gasteiger partial charge in [0.1, 0.15) is 42.1 Å². The Labute approximate surface area is 289 Å². The largest absolute Gasteiger partial charge is 0.479 e. The molecule has 1 aliphatic rings. The standard InChI is InChI=1S/C32H34F2N7O6P.C2H6/c1-17-13-22(46-30(17)41-19(3)37-27-28(41)38-32(35)39-29(27)43-4)16-45-48(47-26-9-5-8-25-23(26)7-6-12-36-25)40-18(2)31(42)44-15-20-10-11-21(33)14-24(20)34;1-2/h5-12,14,17-18,22,30,40H,13,15-16H2,1-4H3,(H2,35,38,39);1-2H3. The monoisotopic (exact) mass is 711 g/mol. The summed E-state index contributed by atoms with van der Waals surface area (Å²) in [5.74, 6) is -0.674. The van der Waals surface area contributed by atoms with E-state index in [1.165, 1.54) is 13.2 Å². The number of aryl methyl sites for hydroxylation is 1. The maximum Gasteiger partial charge on any atom is 0.323 e. The van der Waals surface area contributed by atoms with Crippen molar-refractivity contribution in [3.8, 4) is 11.6 Å². The molecule has 3 aromatic heterocycles. The number of pyridine rings is 1. The van der Waals surface area contributed by atoms with Crippen LogP contribution in [0.2, 0.25) is 0 Å². The number of benzene rings is 2. The van der Waals surface area contributed by atoms with E-state index < -0.39 is 38.4 Å². The maximum absolute atomic E-state index is 14.1. The first kappa shape index (κ1) is 36.7. The third-order valence-corrected chi connectivity index (χ3v) is 9.15. The van der Waals surface area contributed by atoms with Gasteiger partial charge in [0.15, 0.2) is 11.2 Å². The number of rotatable bonds is 12. The number of aromatic nitrogens is 5. The van der Waals surface area contributed by atoms with Crippen LogP contribution in [0.1, 0.15) is 51.7 Å². The van der Waals surface area contributed by atoms with Gasteiger partial charge < -0.3 is 29.0 Å². The number of nitrogens with two attached hydrogens (primary N) is 1. The smallest absolute Gasteiger partial charge is 0.323 e. The summed E-state index contributed by atoms with van der Waals surface area (Å²) in [6.07, 6.45) is 1.55. The first-order valence-electron chi connectivity index (χ1n) is 16.1. The Bertz CT molecular complexity index is 1940. The third kappa shape index (κ3) is 8.24. The van der Waals surface area contributed by atoms with E-state index in [0.717, 1.165) is 23.0 Å². The number of fused-ring (bicyclic) bond motifs is 2. The van der Waals surface area contributed by atoms with Crippen LogP contribution < -0.4 is 20.1 Å². The molecule has 0 amide bonds. The Morgan fingerprint density at radius 2 is 1.96 bits per heavy atom. The lowest BCUT2D eigenvalue weighted by molar-refractivity contribution is -0.146. The second kappa shape index (κ2) is 16.4. The normalized spacial score (nSPS) is 18.4. The average Bonchev–Trinajstić information content (AvgIpc) is 3.64. The van der Waals surface area contributed by atoms with Crippen LogP contribution in [0.4, 0.5) is 14.7 Å². The van der Waals surface area contributed by atoms with Crippen molar-refractivity contribution in [1.82, 2.24) is 29.6 Å². The Morgan fingerprint density at radius 3 is 2.72 bits per heavy atom. The zero-order valence-electron chi connectivity index (χ0n) is 28.6. The third-order valence-electron chi connectivity index (χ3n) is 7.80. The highest BCUT2D eigenvalue weighted by molar-refractivity contribution is 7.45. The summed E-state index contributed by atoms with van der Waals surface area (Å²) < 4.78 is 59.0. The van der Waals surface area contributed by atoms with Gasteiger partial charge in [-0.3, -0.25) is 14.3 Å². The zero-order chi connectivity index (χ0) is 35.9. The fourth-order valence-corrected chi connectivity index (χ4v) is 6.71. The number of carbonyl (C=O) groups excluding carboxylic acids is 1. The molecule has 1 aliphatic heterocycles. The lowest BCUT2D eigenvalue weighted by Gasteiger charge is -2.24. The van der Waals surface area contributed by atoms with Crippen LogP contribution in [0.5, 0.6) is 11.6 Å². The van der Waals surface area contributed by atoms with Crippen LogP contribution in [0.3, 0.4) is 0 Å². The SMILES string of the molecule is CC.COc1nc(N)nc2c1nc(C)n2C1OC(COP(NC(C)C(=O)OCc2ccc(F)cc2F)Oc2cccc3ncccc23)CC1C. The Morgan fingerprint density at radius 1 is 1.16 bits per heavy atom. The van der Waals surface area contributed by atoms with Gasteiger partial charge in [-0.15, -0.1) is 0 Å². The van der Waals surface area contributed by atoms with E-state index in [1.54, 1.807) is 25.3 Å². The number of hydrogen-bond donors (Lipinski definition) is 2. The molecule has 3 N–H and O–H groups in total. The summed E-state index contributed by atoms with van der Waals surface area (Å²) in [6.45, 7) is 9.23. The van der Waals surface area contributed by atoms with E-state index >= 15 is 0 Å². The van der Waals surface area contributed by atoms with Gasteiger partial charge >= 0.3 is 14.5 Å². The zero-order valence-corrected chi connectivity index (χ0v) is 29.5. The molecule has 5 unspecified atom stereocenters. The van der Waals surface area contributed by atoms with Crippen molar-refractivity contribution >= 4 is 42.5 Å². The number of esters is 1. The molecule has 5 atom stereocenters. The van der Waals surface area contributed by atoms with E-state index in [2.05, 4.69) is 31.9 Å². The number of nitrogens with one attached hydrogen (secondary N) is 1. The average molecular weight is 712 g/mol. The van der Waals surface area contributed by atoms with Crippen molar-refractivity contribution in [1.29, 1.82) is 0 Å². The molecule has 50 heavy (non-hydrogen) atoms. The topological polar surface area (TPSA) is 158 Å². The van der Waals surface area contributed by atoms with Crippen LogP contribution in [0.25, 0.3) is 22.1 Å². The van der Waals surface area contributed by atoms with Gasteiger partial charge in [-0.1, -0.05) is 26.8 Å². The number of nitrogen functional groups attached to an aromatic ring is 1. The summed E-state index contributed by atoms with van der Waals surface area (Å²) in [6, 6.07) is 11.3. The van der Waals surface area contributed by atoms with Crippen molar-refractivity contribution in [2.75, 3.05) is 19.5 Å². The number of ether oxygens (including phenoxy) is 3. The molecule has 0 aliphatic carbocycles. The number of methoxy groups -OCH3 is 1. The van der Waals surface area contributed by atoms with E-state index in [1.807, 2.05) is 43.5 Å². The predicted molar refractivity (Wildman–Crippen MR) is 184 cm³/mol. The molecule has 0 saturated carbocycles. The first-order valence-corrected chi connectivity index (χ1v) is 17.3. The molecule has 6 rings (SSSR count). The summed E-state index contributed by atoms with van der Waals surface area (Å²) in [5.41, 5.74) is 7.70. The molecule has 0 spiro atoms. The number of nitrogens with zero attached hydrogens (tertiary/aromatic N) is 5. The van der Waals surface area contributed by atoms with Crippen LogP contribution >= 0.6 is 8.53 Å². The van der Waals surface area contributed by atoms with Crippen molar-refractivity contribution in [2.45, 2.75) is 66.0 Å². The Balaban J connectivity index is 0.00000239. The van der Waals surface area contributed by atoms with Crippen LogP contribution in [-0.2, 0) is 25.4 Å². The van der Waals surface area contributed by atoms with Gasteiger partial charge in [0.25, 0.3) is 0 Å². The van der Waals surface area contributed by atoms with E-state index in [4.69, 9.17) is 29.0 Å². The van der Waals surface area contributed by atoms with Crippen molar-refractivity contribution < 1.29 is 36.8 Å². The van der Waals surface area contributed by atoms with E-state index in [9.17, 15) is 13.6 Å². The minimum atomic E-state index is -1.95. The molecule has 4 heterocycles. The number of anilines is 1. The highest BCUT2D eigenvalue weighted by Gasteiger charge is 2.37. The van der Waals surface area contributed by atoms with Crippen molar-refractivity contribution in [2.24, 2.45) is 5.92 Å². The quantitative estimate of drug-likeness (QED) is 0.106. The van der Waals surface area contributed by atoms with Crippen molar-refractivity contribution in [3.63, 3.8) is 0 Å².